The Labute approximate surface area is 172 Å². The highest BCUT2D eigenvalue weighted by atomic mass is 79.9. The lowest BCUT2D eigenvalue weighted by Crippen LogP contribution is -2.41. The van der Waals surface area contributed by atoms with Crippen molar-refractivity contribution >= 4 is 44.3 Å². The normalized spacial score (nSPS) is 11.7. The van der Waals surface area contributed by atoms with Gasteiger partial charge < -0.3 is 16.0 Å². The number of aryl methyl sites for hydroxylation is 1. The Morgan fingerprint density at radius 3 is 2.57 bits per heavy atom. The van der Waals surface area contributed by atoms with Gasteiger partial charge >= 0.3 is 6.03 Å². The largest absolute Gasteiger partial charge is 0.332 e. The van der Waals surface area contributed by atoms with Gasteiger partial charge in [-0.2, -0.15) is 0 Å². The van der Waals surface area contributed by atoms with Crippen molar-refractivity contribution in [1.29, 1.82) is 0 Å². The number of fused-ring (bicyclic) bond motifs is 1. The number of anilines is 1. The van der Waals surface area contributed by atoms with Crippen LogP contribution in [0, 0.1) is 6.92 Å². The molecule has 3 aromatic carbocycles. The molecule has 0 saturated carbocycles. The van der Waals surface area contributed by atoms with Crippen molar-refractivity contribution in [2.45, 2.75) is 19.9 Å². The van der Waals surface area contributed by atoms with Gasteiger partial charge in [-0.15, -0.1) is 0 Å². The summed E-state index contributed by atoms with van der Waals surface area (Å²) >= 11 is 3.39. The molecular weight excluding hydrogens is 418 g/mol. The van der Waals surface area contributed by atoms with E-state index >= 15 is 0 Å². The third-order valence-electron chi connectivity index (χ3n) is 4.51. The van der Waals surface area contributed by atoms with Gasteiger partial charge in [0, 0.05) is 10.2 Å². The fraction of sp³-hybridized carbons (Fsp3) is 0.182. The van der Waals surface area contributed by atoms with Crippen molar-refractivity contribution in [2.75, 3.05) is 11.9 Å². The lowest BCUT2D eigenvalue weighted by molar-refractivity contribution is -0.115. The van der Waals surface area contributed by atoms with E-state index in [1.807, 2.05) is 74.5 Å². The van der Waals surface area contributed by atoms with Crippen LogP contribution in [0.3, 0.4) is 0 Å². The minimum absolute atomic E-state index is 0.108. The van der Waals surface area contributed by atoms with E-state index in [0.29, 0.717) is 0 Å². The summed E-state index contributed by atoms with van der Waals surface area (Å²) in [6.45, 7) is 3.72. The van der Waals surface area contributed by atoms with E-state index in [-0.39, 0.29) is 24.5 Å². The van der Waals surface area contributed by atoms with Crippen molar-refractivity contribution in [3.05, 3.63) is 76.3 Å². The number of halogens is 1. The van der Waals surface area contributed by atoms with Crippen LogP contribution in [-0.4, -0.2) is 18.5 Å². The Balaban J connectivity index is 1.55. The Morgan fingerprint density at radius 1 is 1.04 bits per heavy atom. The number of urea groups is 1. The molecule has 5 nitrogen and oxygen atoms in total. The van der Waals surface area contributed by atoms with Gasteiger partial charge in [-0.25, -0.2) is 4.79 Å². The number of hydrogen-bond acceptors (Lipinski definition) is 2. The van der Waals surface area contributed by atoms with E-state index in [2.05, 4.69) is 31.9 Å². The number of rotatable bonds is 5. The van der Waals surface area contributed by atoms with Crippen molar-refractivity contribution in [3.8, 4) is 0 Å². The molecule has 28 heavy (non-hydrogen) atoms. The summed E-state index contributed by atoms with van der Waals surface area (Å²) in [5, 5.41) is 10.5. The maximum atomic E-state index is 12.2. The number of carbonyl (C=O) groups excluding carboxylic acids is 2. The van der Waals surface area contributed by atoms with Gasteiger partial charge in [-0.3, -0.25) is 4.79 Å². The summed E-state index contributed by atoms with van der Waals surface area (Å²) in [5.41, 5.74) is 2.69. The molecule has 0 bridgehead atoms. The minimum Gasteiger partial charge on any atom is -0.332 e. The van der Waals surface area contributed by atoms with Crippen LogP contribution < -0.4 is 16.0 Å². The van der Waals surface area contributed by atoms with E-state index in [4.69, 9.17) is 0 Å². The van der Waals surface area contributed by atoms with E-state index in [1.54, 1.807) is 0 Å². The molecule has 0 aliphatic carbocycles. The van der Waals surface area contributed by atoms with E-state index in [1.165, 1.54) is 0 Å². The highest BCUT2D eigenvalue weighted by molar-refractivity contribution is 9.10. The molecule has 144 valence electrons. The lowest BCUT2D eigenvalue weighted by Gasteiger charge is -2.17. The molecule has 0 aliphatic rings. The van der Waals surface area contributed by atoms with Crippen LogP contribution >= 0.6 is 15.9 Å². The monoisotopic (exact) mass is 439 g/mol. The standard InChI is InChI=1S/C22H22BrN3O2/c1-14-12-17(23)10-11-20(14)26-21(27)13-24-22(28)25-15(2)18-9-5-7-16-6-3-4-8-19(16)18/h3-12,15H,13H2,1-2H3,(H,26,27)(H2,24,25,28). The first-order valence-corrected chi connectivity index (χ1v) is 9.81. The van der Waals surface area contributed by atoms with Crippen LogP contribution in [0.4, 0.5) is 10.5 Å². The Morgan fingerprint density at radius 2 is 1.79 bits per heavy atom. The van der Waals surface area contributed by atoms with E-state index < -0.39 is 0 Å². The molecular formula is C22H22BrN3O2. The average Bonchev–Trinajstić information content (AvgIpc) is 2.68. The van der Waals surface area contributed by atoms with Gasteiger partial charge in [0.05, 0.1) is 12.6 Å². The molecule has 1 atom stereocenters. The molecule has 0 spiro atoms. The third-order valence-corrected chi connectivity index (χ3v) is 5.00. The number of carbonyl (C=O) groups is 2. The summed E-state index contributed by atoms with van der Waals surface area (Å²) in [7, 11) is 0. The molecule has 3 amide bonds. The van der Waals surface area contributed by atoms with Crippen LogP contribution in [-0.2, 0) is 4.79 Å². The van der Waals surface area contributed by atoms with Gasteiger partial charge in [-0.1, -0.05) is 58.4 Å². The summed E-state index contributed by atoms with van der Waals surface area (Å²) in [6.07, 6.45) is 0. The average molecular weight is 440 g/mol. The molecule has 0 radical (unpaired) electrons. The molecule has 0 saturated heterocycles. The number of hydrogen-bond donors (Lipinski definition) is 3. The third kappa shape index (κ3) is 4.89. The van der Waals surface area contributed by atoms with Gasteiger partial charge in [-0.05, 0) is 53.9 Å². The lowest BCUT2D eigenvalue weighted by atomic mass is 10.00. The Bertz CT molecular complexity index is 1010. The van der Waals surface area contributed by atoms with Crippen molar-refractivity contribution < 1.29 is 9.59 Å². The summed E-state index contributed by atoms with van der Waals surface area (Å²) < 4.78 is 0.947. The minimum atomic E-state index is -0.386. The van der Waals surface area contributed by atoms with Crippen LogP contribution in [0.15, 0.2) is 65.1 Å². The summed E-state index contributed by atoms with van der Waals surface area (Å²) in [4.78, 5) is 24.3. The van der Waals surface area contributed by atoms with Gasteiger partial charge in [0.2, 0.25) is 5.91 Å². The highest BCUT2D eigenvalue weighted by Crippen LogP contribution is 2.24. The first-order valence-electron chi connectivity index (χ1n) is 9.02. The van der Waals surface area contributed by atoms with Gasteiger partial charge in [0.25, 0.3) is 0 Å². The topological polar surface area (TPSA) is 70.2 Å². The SMILES string of the molecule is Cc1cc(Br)ccc1NC(=O)CNC(=O)NC(C)c1cccc2ccccc12. The van der Waals surface area contributed by atoms with Crippen molar-refractivity contribution in [2.24, 2.45) is 0 Å². The number of nitrogens with one attached hydrogen (secondary N) is 3. The first-order chi connectivity index (χ1) is 13.4. The van der Waals surface area contributed by atoms with Gasteiger partial charge in [0.15, 0.2) is 0 Å². The van der Waals surface area contributed by atoms with Crippen LogP contribution in [0.5, 0.6) is 0 Å². The molecule has 0 aromatic heterocycles. The molecule has 3 aromatic rings. The maximum absolute atomic E-state index is 12.2. The van der Waals surface area contributed by atoms with Crippen molar-refractivity contribution in [3.63, 3.8) is 0 Å². The zero-order valence-electron chi connectivity index (χ0n) is 15.8. The molecule has 0 heterocycles. The number of amides is 3. The second-order valence-corrected chi connectivity index (χ2v) is 7.54. The van der Waals surface area contributed by atoms with Crippen LogP contribution in [0.25, 0.3) is 10.8 Å². The zero-order valence-corrected chi connectivity index (χ0v) is 17.3. The van der Waals surface area contributed by atoms with Crippen molar-refractivity contribution in [1.82, 2.24) is 10.6 Å². The molecule has 0 aliphatic heterocycles. The fourth-order valence-corrected chi connectivity index (χ4v) is 3.55. The maximum Gasteiger partial charge on any atom is 0.315 e. The summed E-state index contributed by atoms with van der Waals surface area (Å²) in [5.74, 6) is -0.279. The fourth-order valence-electron chi connectivity index (χ4n) is 3.08. The molecule has 3 rings (SSSR count). The highest BCUT2D eigenvalue weighted by Gasteiger charge is 2.13. The predicted molar refractivity (Wildman–Crippen MR) is 116 cm³/mol. The molecule has 3 N–H and O–H groups in total. The molecule has 1 unspecified atom stereocenters. The first kappa shape index (κ1) is 19.9. The van der Waals surface area contributed by atoms with E-state index in [9.17, 15) is 9.59 Å². The molecule has 0 fully saturated rings. The number of benzene rings is 3. The zero-order chi connectivity index (χ0) is 20.1. The summed E-state index contributed by atoms with van der Waals surface area (Å²) in [6, 6.07) is 19.1. The Kier molecular flexibility index (Phi) is 6.31. The second kappa shape index (κ2) is 8.89. The predicted octanol–water partition coefficient (Wildman–Crippen LogP) is 4.91. The molecule has 6 heteroatoms. The van der Waals surface area contributed by atoms with E-state index in [0.717, 1.165) is 32.1 Å². The van der Waals surface area contributed by atoms with Crippen LogP contribution in [0.1, 0.15) is 24.1 Å². The smallest absolute Gasteiger partial charge is 0.315 e. The quantitative estimate of drug-likeness (QED) is 0.528. The van der Waals surface area contributed by atoms with Gasteiger partial charge in [0.1, 0.15) is 0 Å². The van der Waals surface area contributed by atoms with Crippen LogP contribution in [0.2, 0.25) is 0 Å². The Hall–Kier alpha value is -2.86. The second-order valence-electron chi connectivity index (χ2n) is 6.62.